The summed E-state index contributed by atoms with van der Waals surface area (Å²) in [5, 5.41) is 3.57. The van der Waals surface area contributed by atoms with Gasteiger partial charge in [-0.05, 0) is 53.9 Å². The SMILES string of the molecule is CCCNC(CCOC)Cc1ccc(Br)s1. The minimum absolute atomic E-state index is 0.533. The molecule has 0 aliphatic carbocycles. The number of hydrogen-bond donors (Lipinski definition) is 1. The van der Waals surface area contributed by atoms with Crippen molar-refractivity contribution in [2.75, 3.05) is 20.3 Å². The maximum atomic E-state index is 5.15. The molecule has 0 spiro atoms. The summed E-state index contributed by atoms with van der Waals surface area (Å²) in [6.07, 6.45) is 3.35. The molecule has 0 saturated carbocycles. The van der Waals surface area contributed by atoms with Crippen molar-refractivity contribution in [2.24, 2.45) is 0 Å². The fourth-order valence-electron chi connectivity index (χ4n) is 1.59. The Morgan fingerprint density at radius 1 is 1.50 bits per heavy atom. The highest BCUT2D eigenvalue weighted by atomic mass is 79.9. The Morgan fingerprint density at radius 2 is 2.31 bits per heavy atom. The van der Waals surface area contributed by atoms with E-state index < -0.39 is 0 Å². The molecular formula is C12H20BrNOS. The molecule has 1 atom stereocenters. The first-order chi connectivity index (χ1) is 7.76. The lowest BCUT2D eigenvalue weighted by Crippen LogP contribution is -2.32. The first-order valence-corrected chi connectivity index (χ1v) is 7.33. The molecule has 1 aromatic heterocycles. The molecule has 1 unspecified atom stereocenters. The highest BCUT2D eigenvalue weighted by molar-refractivity contribution is 9.11. The van der Waals surface area contributed by atoms with E-state index in [4.69, 9.17) is 4.74 Å². The van der Waals surface area contributed by atoms with Crippen molar-refractivity contribution in [1.29, 1.82) is 0 Å². The topological polar surface area (TPSA) is 21.3 Å². The largest absolute Gasteiger partial charge is 0.385 e. The van der Waals surface area contributed by atoms with E-state index in [1.54, 1.807) is 7.11 Å². The van der Waals surface area contributed by atoms with Gasteiger partial charge in [0.25, 0.3) is 0 Å². The molecule has 0 radical (unpaired) electrons. The third kappa shape index (κ3) is 5.43. The van der Waals surface area contributed by atoms with Gasteiger partial charge in [0.05, 0.1) is 3.79 Å². The molecule has 16 heavy (non-hydrogen) atoms. The van der Waals surface area contributed by atoms with E-state index in [-0.39, 0.29) is 0 Å². The van der Waals surface area contributed by atoms with Crippen LogP contribution in [0.1, 0.15) is 24.6 Å². The third-order valence-electron chi connectivity index (χ3n) is 2.43. The molecule has 1 rings (SSSR count). The molecule has 1 aromatic rings. The van der Waals surface area contributed by atoms with Crippen LogP contribution in [0.15, 0.2) is 15.9 Å². The van der Waals surface area contributed by atoms with Crippen LogP contribution in [0, 0.1) is 0 Å². The van der Waals surface area contributed by atoms with Crippen molar-refractivity contribution in [3.8, 4) is 0 Å². The number of methoxy groups -OCH3 is 1. The van der Waals surface area contributed by atoms with Crippen LogP contribution in [0.2, 0.25) is 0 Å². The van der Waals surface area contributed by atoms with Gasteiger partial charge in [-0.2, -0.15) is 0 Å². The first kappa shape index (κ1) is 14.2. The Labute approximate surface area is 111 Å². The van der Waals surface area contributed by atoms with Crippen LogP contribution in [0.4, 0.5) is 0 Å². The highest BCUT2D eigenvalue weighted by Gasteiger charge is 2.09. The highest BCUT2D eigenvalue weighted by Crippen LogP contribution is 2.23. The second-order valence-electron chi connectivity index (χ2n) is 3.84. The van der Waals surface area contributed by atoms with Gasteiger partial charge in [-0.1, -0.05) is 6.92 Å². The van der Waals surface area contributed by atoms with Gasteiger partial charge >= 0.3 is 0 Å². The normalized spacial score (nSPS) is 12.9. The predicted octanol–water partition coefficient (Wildman–Crippen LogP) is 3.46. The molecule has 1 heterocycles. The fourth-order valence-corrected chi connectivity index (χ4v) is 3.15. The molecule has 0 aliphatic heterocycles. The number of hydrogen-bond acceptors (Lipinski definition) is 3. The molecule has 2 nitrogen and oxygen atoms in total. The number of thiophene rings is 1. The lowest BCUT2D eigenvalue weighted by Gasteiger charge is -2.17. The quantitative estimate of drug-likeness (QED) is 0.794. The van der Waals surface area contributed by atoms with E-state index in [2.05, 4.69) is 40.3 Å². The van der Waals surface area contributed by atoms with Gasteiger partial charge in [0.2, 0.25) is 0 Å². The molecule has 0 fully saturated rings. The molecule has 0 saturated heterocycles. The van der Waals surface area contributed by atoms with Gasteiger partial charge in [-0.25, -0.2) is 0 Å². The summed E-state index contributed by atoms with van der Waals surface area (Å²) in [7, 11) is 1.76. The lowest BCUT2D eigenvalue weighted by molar-refractivity contribution is 0.182. The van der Waals surface area contributed by atoms with Gasteiger partial charge in [0, 0.05) is 24.6 Å². The first-order valence-electron chi connectivity index (χ1n) is 5.72. The van der Waals surface area contributed by atoms with Crippen molar-refractivity contribution in [1.82, 2.24) is 5.32 Å². The maximum Gasteiger partial charge on any atom is 0.0701 e. The molecule has 0 aromatic carbocycles. The summed E-state index contributed by atoms with van der Waals surface area (Å²) >= 11 is 5.32. The number of rotatable bonds is 8. The lowest BCUT2D eigenvalue weighted by atomic mass is 10.1. The van der Waals surface area contributed by atoms with Crippen molar-refractivity contribution in [3.05, 3.63) is 20.8 Å². The zero-order valence-corrected chi connectivity index (χ0v) is 12.4. The summed E-state index contributed by atoms with van der Waals surface area (Å²) in [6.45, 7) is 4.11. The molecule has 92 valence electrons. The third-order valence-corrected chi connectivity index (χ3v) is 4.08. The van der Waals surface area contributed by atoms with Crippen LogP contribution < -0.4 is 5.32 Å². The van der Waals surface area contributed by atoms with Crippen LogP contribution in [0.3, 0.4) is 0 Å². The van der Waals surface area contributed by atoms with E-state index >= 15 is 0 Å². The van der Waals surface area contributed by atoms with Crippen LogP contribution in [-0.4, -0.2) is 26.3 Å². The van der Waals surface area contributed by atoms with Gasteiger partial charge in [-0.3, -0.25) is 0 Å². The van der Waals surface area contributed by atoms with Crippen LogP contribution in [-0.2, 0) is 11.2 Å². The zero-order valence-electron chi connectivity index (χ0n) is 9.96. The Bertz CT molecular complexity index is 282. The summed E-state index contributed by atoms with van der Waals surface area (Å²) in [5.41, 5.74) is 0. The Morgan fingerprint density at radius 3 is 2.88 bits per heavy atom. The molecule has 4 heteroatoms. The smallest absolute Gasteiger partial charge is 0.0701 e. The second kappa shape index (κ2) is 8.23. The minimum Gasteiger partial charge on any atom is -0.385 e. The van der Waals surface area contributed by atoms with Crippen LogP contribution >= 0.6 is 27.3 Å². The molecular weight excluding hydrogens is 286 g/mol. The van der Waals surface area contributed by atoms with E-state index in [9.17, 15) is 0 Å². The Balaban J connectivity index is 2.41. The van der Waals surface area contributed by atoms with E-state index in [1.807, 2.05) is 11.3 Å². The average Bonchev–Trinajstić information content (AvgIpc) is 2.68. The second-order valence-corrected chi connectivity index (χ2v) is 6.39. The molecule has 0 amide bonds. The minimum atomic E-state index is 0.533. The van der Waals surface area contributed by atoms with Gasteiger partial charge < -0.3 is 10.1 Å². The van der Waals surface area contributed by atoms with Crippen LogP contribution in [0.5, 0.6) is 0 Å². The summed E-state index contributed by atoms with van der Waals surface area (Å²) in [5.74, 6) is 0. The van der Waals surface area contributed by atoms with Crippen molar-refractivity contribution < 1.29 is 4.74 Å². The number of ether oxygens (including phenoxy) is 1. The van der Waals surface area contributed by atoms with Crippen LogP contribution in [0.25, 0.3) is 0 Å². The Kier molecular flexibility index (Phi) is 7.28. The van der Waals surface area contributed by atoms with Gasteiger partial charge in [0.1, 0.15) is 0 Å². The Hall–Kier alpha value is 0.1000. The number of halogens is 1. The van der Waals surface area contributed by atoms with Gasteiger partial charge in [0.15, 0.2) is 0 Å². The average molecular weight is 306 g/mol. The van der Waals surface area contributed by atoms with Crippen molar-refractivity contribution >= 4 is 27.3 Å². The van der Waals surface area contributed by atoms with Crippen molar-refractivity contribution in [3.63, 3.8) is 0 Å². The molecule has 0 bridgehead atoms. The van der Waals surface area contributed by atoms with E-state index in [1.165, 1.54) is 15.1 Å². The van der Waals surface area contributed by atoms with E-state index in [0.29, 0.717) is 6.04 Å². The summed E-state index contributed by atoms with van der Waals surface area (Å²) < 4.78 is 6.36. The molecule has 0 aliphatic rings. The summed E-state index contributed by atoms with van der Waals surface area (Å²) in [6, 6.07) is 4.85. The summed E-state index contributed by atoms with van der Waals surface area (Å²) in [4.78, 5) is 1.43. The maximum absolute atomic E-state index is 5.15. The van der Waals surface area contributed by atoms with Crippen molar-refractivity contribution in [2.45, 2.75) is 32.2 Å². The fraction of sp³-hybridized carbons (Fsp3) is 0.667. The molecule has 1 N–H and O–H groups in total. The standard InChI is InChI=1S/C12H20BrNOS/c1-3-7-14-10(6-8-15-2)9-11-4-5-12(13)16-11/h4-5,10,14H,3,6-9H2,1-2H3. The zero-order chi connectivity index (χ0) is 11.8. The van der Waals surface area contributed by atoms with Gasteiger partial charge in [-0.15, -0.1) is 11.3 Å². The predicted molar refractivity (Wildman–Crippen MR) is 74.3 cm³/mol. The number of nitrogens with one attached hydrogen (secondary N) is 1. The monoisotopic (exact) mass is 305 g/mol. The van der Waals surface area contributed by atoms with E-state index in [0.717, 1.165) is 26.0 Å².